The maximum absolute atomic E-state index is 14.3. The van der Waals surface area contributed by atoms with Gasteiger partial charge in [0.1, 0.15) is 5.69 Å². The Morgan fingerprint density at radius 3 is 2.75 bits per heavy atom. The van der Waals surface area contributed by atoms with Crippen molar-refractivity contribution in [1.29, 1.82) is 0 Å². The molecule has 1 heterocycles. The van der Waals surface area contributed by atoms with Gasteiger partial charge in [0.2, 0.25) is 0 Å². The summed E-state index contributed by atoms with van der Waals surface area (Å²) in [6, 6.07) is 3.89. The van der Waals surface area contributed by atoms with Gasteiger partial charge in [-0.3, -0.25) is 9.59 Å². The number of rotatable bonds is 6. The molecule has 1 N–H and O–H groups in total. The van der Waals surface area contributed by atoms with Crippen molar-refractivity contribution in [3.05, 3.63) is 46.8 Å². The number of aromatic nitrogens is 2. The van der Waals surface area contributed by atoms with Crippen LogP contribution in [-0.2, 0) is 17.6 Å². The summed E-state index contributed by atoms with van der Waals surface area (Å²) in [6.07, 6.45) is 3.74. The van der Waals surface area contributed by atoms with Crippen LogP contribution in [0.2, 0.25) is 0 Å². The molecule has 8 heteroatoms. The first-order chi connectivity index (χ1) is 13.4. The first-order valence-corrected chi connectivity index (χ1v) is 9.47. The van der Waals surface area contributed by atoms with Gasteiger partial charge in [0, 0.05) is 23.8 Å². The second kappa shape index (κ2) is 7.00. The van der Waals surface area contributed by atoms with Crippen LogP contribution in [0.1, 0.15) is 47.9 Å². The molecule has 148 valence electrons. The molecule has 2 aliphatic rings. The second-order valence-corrected chi connectivity index (χ2v) is 7.54. The molecule has 1 aromatic heterocycles. The Bertz CT molecular complexity index is 952. The molecule has 1 aromatic carbocycles. The van der Waals surface area contributed by atoms with Gasteiger partial charge in [-0.25, -0.2) is 13.5 Å². The van der Waals surface area contributed by atoms with E-state index < -0.39 is 23.5 Å². The molecule has 0 bridgehead atoms. The molecule has 0 saturated heterocycles. The summed E-state index contributed by atoms with van der Waals surface area (Å²) >= 11 is 0. The highest BCUT2D eigenvalue weighted by molar-refractivity contribution is 5.95. The predicted octanol–water partition coefficient (Wildman–Crippen LogP) is 2.96. The van der Waals surface area contributed by atoms with Gasteiger partial charge in [-0.05, 0) is 44.2 Å². The molecule has 0 spiro atoms. The van der Waals surface area contributed by atoms with Crippen LogP contribution in [0.15, 0.2) is 18.2 Å². The van der Waals surface area contributed by atoms with Crippen molar-refractivity contribution >= 4 is 11.9 Å². The summed E-state index contributed by atoms with van der Waals surface area (Å²) in [5.74, 6) is -3.96. The average molecular weight is 389 g/mol. The van der Waals surface area contributed by atoms with Crippen molar-refractivity contribution in [3.63, 3.8) is 0 Å². The Hall–Kier alpha value is -2.77. The lowest BCUT2D eigenvalue weighted by Gasteiger charge is -2.23. The van der Waals surface area contributed by atoms with E-state index >= 15 is 0 Å². The quantitative estimate of drug-likeness (QED) is 0.824. The van der Waals surface area contributed by atoms with Crippen LogP contribution in [0, 0.1) is 17.6 Å². The van der Waals surface area contributed by atoms with Crippen LogP contribution in [0.3, 0.4) is 0 Å². The highest BCUT2D eigenvalue weighted by Gasteiger charge is 2.38. The number of carbonyl (C=O) groups is 2. The molecule has 1 amide bonds. The number of amides is 1. The Labute approximate surface area is 160 Å². The van der Waals surface area contributed by atoms with Gasteiger partial charge < -0.3 is 10.0 Å². The minimum Gasteiger partial charge on any atom is -0.481 e. The number of carboxylic acids is 1. The van der Waals surface area contributed by atoms with E-state index in [1.165, 1.54) is 16.8 Å². The lowest BCUT2D eigenvalue weighted by Crippen LogP contribution is -2.39. The normalized spacial score (nSPS) is 16.7. The Kier molecular flexibility index (Phi) is 4.64. The number of benzene rings is 1. The molecule has 6 nitrogen and oxygen atoms in total. The molecule has 0 aliphatic heterocycles. The Morgan fingerprint density at radius 1 is 1.32 bits per heavy atom. The number of aliphatic carboxylic acids is 1. The van der Waals surface area contributed by atoms with Gasteiger partial charge in [-0.2, -0.15) is 5.10 Å². The summed E-state index contributed by atoms with van der Waals surface area (Å²) in [5.41, 5.74) is 1.67. The predicted molar refractivity (Wildman–Crippen MR) is 96.4 cm³/mol. The summed E-state index contributed by atoms with van der Waals surface area (Å²) in [6.45, 7) is 1.67. The van der Waals surface area contributed by atoms with Crippen LogP contribution in [0.5, 0.6) is 0 Å². The number of nitrogens with zero attached hydrogens (tertiary/aromatic N) is 3. The summed E-state index contributed by atoms with van der Waals surface area (Å²) in [7, 11) is 0. The zero-order valence-electron chi connectivity index (χ0n) is 15.5. The lowest BCUT2D eigenvalue weighted by atomic mass is 10.1. The van der Waals surface area contributed by atoms with Gasteiger partial charge in [0.15, 0.2) is 17.3 Å². The summed E-state index contributed by atoms with van der Waals surface area (Å²) < 4.78 is 29.4. The van der Waals surface area contributed by atoms with Gasteiger partial charge >= 0.3 is 5.97 Å². The van der Waals surface area contributed by atoms with E-state index in [0.717, 1.165) is 36.6 Å². The van der Waals surface area contributed by atoms with E-state index in [4.69, 9.17) is 0 Å². The van der Waals surface area contributed by atoms with Crippen molar-refractivity contribution < 1.29 is 23.5 Å². The number of fused-ring (bicyclic) bond motifs is 1. The molecule has 1 atom stereocenters. The number of carboxylic acid groups (broad SMARTS) is 1. The molecule has 2 aliphatic carbocycles. The summed E-state index contributed by atoms with van der Waals surface area (Å²) in [4.78, 5) is 26.1. The minimum atomic E-state index is -1.00. The summed E-state index contributed by atoms with van der Waals surface area (Å²) in [5, 5.41) is 13.6. The smallest absolute Gasteiger partial charge is 0.308 e. The molecule has 4 rings (SSSR count). The lowest BCUT2D eigenvalue weighted by molar-refractivity contribution is -0.141. The van der Waals surface area contributed by atoms with E-state index in [1.807, 2.05) is 0 Å². The Balaban J connectivity index is 1.73. The van der Waals surface area contributed by atoms with E-state index in [9.17, 15) is 23.5 Å². The van der Waals surface area contributed by atoms with Gasteiger partial charge in [-0.15, -0.1) is 0 Å². The molecule has 0 radical (unpaired) electrons. The minimum absolute atomic E-state index is 0.0161. The fourth-order valence-electron chi connectivity index (χ4n) is 3.76. The average Bonchev–Trinajstić information content (AvgIpc) is 3.27. The van der Waals surface area contributed by atoms with Crippen molar-refractivity contribution in [1.82, 2.24) is 14.7 Å². The third kappa shape index (κ3) is 3.16. The van der Waals surface area contributed by atoms with Crippen LogP contribution in [0.25, 0.3) is 5.69 Å². The maximum Gasteiger partial charge on any atom is 0.308 e. The SMILES string of the molecule is CC(CN(C(=O)c1nn(-c2cccc(F)c2F)c2c1CCC2)C1CC1)C(=O)O. The van der Waals surface area contributed by atoms with Crippen LogP contribution in [-0.4, -0.2) is 44.3 Å². The van der Waals surface area contributed by atoms with Gasteiger partial charge in [-0.1, -0.05) is 13.0 Å². The topological polar surface area (TPSA) is 75.4 Å². The van der Waals surface area contributed by atoms with Crippen molar-refractivity contribution in [2.45, 2.75) is 45.1 Å². The number of hydrogen-bond donors (Lipinski definition) is 1. The van der Waals surface area contributed by atoms with E-state index in [2.05, 4.69) is 5.10 Å². The van der Waals surface area contributed by atoms with Crippen LogP contribution in [0.4, 0.5) is 8.78 Å². The maximum atomic E-state index is 14.3. The molecule has 1 saturated carbocycles. The highest BCUT2D eigenvalue weighted by Crippen LogP contribution is 2.33. The molecule has 1 fully saturated rings. The highest BCUT2D eigenvalue weighted by atomic mass is 19.2. The van der Waals surface area contributed by atoms with Crippen molar-refractivity contribution in [3.8, 4) is 5.69 Å². The molecular weight excluding hydrogens is 368 g/mol. The molecular formula is C20H21F2N3O3. The molecule has 1 unspecified atom stereocenters. The van der Waals surface area contributed by atoms with Gasteiger partial charge in [0.25, 0.3) is 5.91 Å². The molecule has 28 heavy (non-hydrogen) atoms. The number of carbonyl (C=O) groups excluding carboxylic acids is 1. The fourth-order valence-corrected chi connectivity index (χ4v) is 3.76. The third-order valence-corrected chi connectivity index (χ3v) is 5.43. The zero-order chi connectivity index (χ0) is 20.0. The second-order valence-electron chi connectivity index (χ2n) is 7.54. The van der Waals surface area contributed by atoms with Crippen molar-refractivity contribution in [2.75, 3.05) is 6.54 Å². The Morgan fingerprint density at radius 2 is 2.07 bits per heavy atom. The third-order valence-electron chi connectivity index (χ3n) is 5.43. The first kappa shape index (κ1) is 18.6. The monoisotopic (exact) mass is 389 g/mol. The van der Waals surface area contributed by atoms with E-state index in [1.54, 1.807) is 11.8 Å². The van der Waals surface area contributed by atoms with Crippen LogP contribution >= 0.6 is 0 Å². The standard InChI is InChI=1S/C20H21F2N3O3/c1-11(20(27)28)10-24(12-8-9-12)19(26)18-13-4-2-6-15(13)25(23-18)16-7-3-5-14(21)17(16)22/h3,5,7,11-12H,2,4,6,8-10H2,1H3,(H,27,28). The van der Waals surface area contributed by atoms with E-state index in [-0.39, 0.29) is 29.9 Å². The zero-order valence-corrected chi connectivity index (χ0v) is 15.5. The fraction of sp³-hybridized carbons (Fsp3) is 0.450. The van der Waals surface area contributed by atoms with E-state index in [0.29, 0.717) is 12.8 Å². The first-order valence-electron chi connectivity index (χ1n) is 9.47. The number of halogens is 2. The largest absolute Gasteiger partial charge is 0.481 e. The van der Waals surface area contributed by atoms with Crippen molar-refractivity contribution in [2.24, 2.45) is 5.92 Å². The van der Waals surface area contributed by atoms with Gasteiger partial charge in [0.05, 0.1) is 5.92 Å². The number of hydrogen-bond acceptors (Lipinski definition) is 3. The van der Waals surface area contributed by atoms with Crippen LogP contribution < -0.4 is 0 Å². The molecule has 2 aromatic rings.